The second-order valence-corrected chi connectivity index (χ2v) is 5.06. The lowest BCUT2D eigenvalue weighted by atomic mass is 10.2. The van der Waals surface area contributed by atoms with Crippen LogP contribution in [0.2, 0.25) is 10.0 Å². The molecule has 3 N–H and O–H groups in total. The number of aromatic carboxylic acids is 1. The molecule has 0 aliphatic heterocycles. The van der Waals surface area contributed by atoms with Crippen LogP contribution in [0.25, 0.3) is 0 Å². The van der Waals surface area contributed by atoms with Gasteiger partial charge in [-0.05, 0) is 25.1 Å². The summed E-state index contributed by atoms with van der Waals surface area (Å²) in [6, 6.07) is 3.44. The molecule has 1 heterocycles. The van der Waals surface area contributed by atoms with Gasteiger partial charge in [0.15, 0.2) is 0 Å². The van der Waals surface area contributed by atoms with Gasteiger partial charge in [-0.15, -0.1) is 0 Å². The van der Waals surface area contributed by atoms with E-state index in [9.17, 15) is 14.0 Å². The van der Waals surface area contributed by atoms with E-state index in [0.29, 0.717) is 5.69 Å². The molecule has 2 rings (SSSR count). The lowest BCUT2D eigenvalue weighted by Gasteiger charge is -2.07. The van der Waals surface area contributed by atoms with Crippen LogP contribution in [0.4, 0.5) is 10.1 Å². The van der Waals surface area contributed by atoms with E-state index in [0.717, 1.165) is 12.1 Å². The highest BCUT2D eigenvalue weighted by molar-refractivity contribution is 6.37. The average molecular weight is 331 g/mol. The number of rotatable bonds is 3. The van der Waals surface area contributed by atoms with Crippen LogP contribution in [0, 0.1) is 12.7 Å². The molecule has 0 saturated heterocycles. The minimum Gasteiger partial charge on any atom is -0.477 e. The van der Waals surface area contributed by atoms with E-state index < -0.39 is 17.7 Å². The summed E-state index contributed by atoms with van der Waals surface area (Å²) in [6.45, 7) is 1.64. The van der Waals surface area contributed by atoms with Crippen molar-refractivity contribution in [3.05, 3.63) is 51.0 Å². The Balaban J connectivity index is 2.35. The van der Waals surface area contributed by atoms with Gasteiger partial charge >= 0.3 is 5.97 Å². The van der Waals surface area contributed by atoms with Gasteiger partial charge < -0.3 is 15.4 Å². The molecule has 110 valence electrons. The van der Waals surface area contributed by atoms with Gasteiger partial charge in [-0.25, -0.2) is 9.18 Å². The fourth-order valence-corrected chi connectivity index (χ4v) is 2.21. The monoisotopic (exact) mass is 330 g/mol. The Labute approximate surface area is 128 Å². The van der Waals surface area contributed by atoms with Crippen molar-refractivity contribution in [2.75, 3.05) is 5.32 Å². The van der Waals surface area contributed by atoms with E-state index in [1.165, 1.54) is 6.07 Å². The first kappa shape index (κ1) is 15.3. The minimum absolute atomic E-state index is 0.0389. The fourth-order valence-electron chi connectivity index (χ4n) is 1.74. The van der Waals surface area contributed by atoms with Crippen LogP contribution in [0.1, 0.15) is 26.5 Å². The smallest absolute Gasteiger partial charge is 0.354 e. The van der Waals surface area contributed by atoms with Gasteiger partial charge in [0, 0.05) is 5.69 Å². The van der Waals surface area contributed by atoms with Crippen LogP contribution in [0.15, 0.2) is 18.2 Å². The van der Waals surface area contributed by atoms with Crippen LogP contribution >= 0.6 is 23.2 Å². The number of amides is 1. The summed E-state index contributed by atoms with van der Waals surface area (Å²) in [5.74, 6) is -2.77. The van der Waals surface area contributed by atoms with E-state index in [4.69, 9.17) is 28.3 Å². The molecule has 21 heavy (non-hydrogen) atoms. The van der Waals surface area contributed by atoms with Crippen molar-refractivity contribution in [2.45, 2.75) is 6.92 Å². The van der Waals surface area contributed by atoms with E-state index >= 15 is 0 Å². The van der Waals surface area contributed by atoms with Crippen molar-refractivity contribution >= 4 is 40.8 Å². The lowest BCUT2D eigenvalue weighted by molar-refractivity contribution is 0.0692. The van der Waals surface area contributed by atoms with Gasteiger partial charge in [0.05, 0.1) is 21.3 Å². The first-order valence-electron chi connectivity index (χ1n) is 5.68. The van der Waals surface area contributed by atoms with Gasteiger partial charge in [-0.3, -0.25) is 4.79 Å². The summed E-state index contributed by atoms with van der Waals surface area (Å²) in [4.78, 5) is 25.7. The van der Waals surface area contributed by atoms with Gasteiger partial charge in [-0.1, -0.05) is 23.2 Å². The highest BCUT2D eigenvalue weighted by Crippen LogP contribution is 2.26. The third-order valence-electron chi connectivity index (χ3n) is 2.67. The number of nitrogens with one attached hydrogen (secondary N) is 2. The summed E-state index contributed by atoms with van der Waals surface area (Å²) in [7, 11) is 0. The Morgan fingerprint density at radius 3 is 2.52 bits per heavy atom. The molecule has 8 heteroatoms. The summed E-state index contributed by atoms with van der Waals surface area (Å²) >= 11 is 11.4. The molecule has 0 atom stereocenters. The Kier molecular flexibility index (Phi) is 4.20. The molecule has 0 fully saturated rings. The summed E-state index contributed by atoms with van der Waals surface area (Å²) in [5.41, 5.74) is 0.299. The number of carbonyl (C=O) groups excluding carboxylic acids is 1. The van der Waals surface area contributed by atoms with Crippen LogP contribution in [-0.2, 0) is 0 Å². The average Bonchev–Trinajstić information content (AvgIpc) is 2.74. The maximum atomic E-state index is 13.4. The largest absolute Gasteiger partial charge is 0.477 e. The molecule has 0 spiro atoms. The number of aryl methyl sites for hydroxylation is 1. The zero-order valence-electron chi connectivity index (χ0n) is 10.6. The quantitative estimate of drug-likeness (QED) is 0.750. The SMILES string of the molecule is Cc1cc(NC(=O)c2cc(F)c(Cl)cc2Cl)c(C(=O)O)[nH]1. The molecule has 0 unspecified atom stereocenters. The van der Waals surface area contributed by atoms with Crippen LogP contribution in [0.3, 0.4) is 0 Å². The Morgan fingerprint density at radius 2 is 1.90 bits per heavy atom. The number of aromatic nitrogens is 1. The Morgan fingerprint density at radius 1 is 1.24 bits per heavy atom. The number of anilines is 1. The molecule has 0 saturated carbocycles. The van der Waals surface area contributed by atoms with Crippen LogP contribution in [0.5, 0.6) is 0 Å². The van der Waals surface area contributed by atoms with E-state index in [2.05, 4.69) is 10.3 Å². The topological polar surface area (TPSA) is 82.2 Å². The number of carbonyl (C=O) groups is 2. The molecule has 1 amide bonds. The predicted molar refractivity (Wildman–Crippen MR) is 76.9 cm³/mol. The van der Waals surface area contributed by atoms with Crippen molar-refractivity contribution in [2.24, 2.45) is 0 Å². The first-order valence-corrected chi connectivity index (χ1v) is 6.44. The van der Waals surface area contributed by atoms with Crippen molar-refractivity contribution in [3.8, 4) is 0 Å². The predicted octanol–water partition coefficient (Wildman–Crippen LogP) is 3.72. The van der Waals surface area contributed by atoms with Crippen molar-refractivity contribution in [1.29, 1.82) is 0 Å². The number of hydrogen-bond donors (Lipinski definition) is 3. The molecule has 0 aliphatic carbocycles. The Hall–Kier alpha value is -2.05. The third kappa shape index (κ3) is 3.17. The number of H-pyrrole nitrogens is 1. The standard InChI is InChI=1S/C13H9Cl2FN2O3/c1-5-2-10(11(17-5)13(20)21)18-12(19)6-3-9(16)8(15)4-7(6)14/h2-4,17H,1H3,(H,18,19)(H,20,21). The Bertz CT molecular complexity index is 743. The van der Waals surface area contributed by atoms with E-state index in [-0.39, 0.29) is 27.0 Å². The van der Waals surface area contributed by atoms with Crippen LogP contribution in [-0.4, -0.2) is 22.0 Å². The van der Waals surface area contributed by atoms with Gasteiger partial charge in [0.2, 0.25) is 0 Å². The van der Waals surface area contributed by atoms with Crippen molar-refractivity contribution < 1.29 is 19.1 Å². The molecular formula is C13H9Cl2FN2O3. The molecule has 0 radical (unpaired) electrons. The molecular weight excluding hydrogens is 322 g/mol. The lowest BCUT2D eigenvalue weighted by Crippen LogP contribution is -2.15. The normalized spacial score (nSPS) is 10.5. The van der Waals surface area contributed by atoms with Crippen molar-refractivity contribution in [3.63, 3.8) is 0 Å². The van der Waals surface area contributed by atoms with Gasteiger partial charge in [-0.2, -0.15) is 0 Å². The van der Waals surface area contributed by atoms with Gasteiger partial charge in [0.1, 0.15) is 11.5 Å². The number of aromatic amines is 1. The number of benzene rings is 1. The molecule has 0 bridgehead atoms. The number of carboxylic acid groups (broad SMARTS) is 1. The van der Waals surface area contributed by atoms with E-state index in [1.54, 1.807) is 6.92 Å². The first-order chi connectivity index (χ1) is 9.79. The van der Waals surface area contributed by atoms with Crippen molar-refractivity contribution in [1.82, 2.24) is 4.98 Å². The number of carboxylic acids is 1. The molecule has 2 aromatic rings. The van der Waals surface area contributed by atoms with E-state index in [1.807, 2.05) is 0 Å². The maximum absolute atomic E-state index is 13.4. The highest BCUT2D eigenvalue weighted by atomic mass is 35.5. The summed E-state index contributed by atoms with van der Waals surface area (Å²) in [5, 5.41) is 11.1. The molecule has 5 nitrogen and oxygen atoms in total. The maximum Gasteiger partial charge on any atom is 0.354 e. The fraction of sp³-hybridized carbons (Fsp3) is 0.0769. The summed E-state index contributed by atoms with van der Waals surface area (Å²) in [6.07, 6.45) is 0. The molecule has 0 aliphatic rings. The molecule has 1 aromatic carbocycles. The summed E-state index contributed by atoms with van der Waals surface area (Å²) < 4.78 is 13.4. The van der Waals surface area contributed by atoms with Crippen LogP contribution < -0.4 is 5.32 Å². The molecule has 1 aromatic heterocycles. The highest BCUT2D eigenvalue weighted by Gasteiger charge is 2.19. The number of hydrogen-bond acceptors (Lipinski definition) is 2. The third-order valence-corrected chi connectivity index (χ3v) is 3.27. The second-order valence-electron chi connectivity index (χ2n) is 4.25. The number of halogens is 3. The minimum atomic E-state index is -1.23. The zero-order chi connectivity index (χ0) is 15.7. The second kappa shape index (κ2) is 5.75. The van der Waals surface area contributed by atoms with Gasteiger partial charge in [0.25, 0.3) is 5.91 Å². The zero-order valence-corrected chi connectivity index (χ0v) is 12.1.